The summed E-state index contributed by atoms with van der Waals surface area (Å²) in [4.78, 5) is 25.1. The number of fused-ring (bicyclic) bond motifs is 1. The Kier molecular flexibility index (Phi) is 5.24. The van der Waals surface area contributed by atoms with E-state index in [9.17, 15) is 9.90 Å². The molecule has 4 aromatic heterocycles. The van der Waals surface area contributed by atoms with Gasteiger partial charge in [-0.05, 0) is 36.6 Å². The lowest BCUT2D eigenvalue weighted by Gasteiger charge is -2.12. The van der Waals surface area contributed by atoms with Gasteiger partial charge in [-0.15, -0.1) is 10.2 Å². The van der Waals surface area contributed by atoms with Crippen molar-refractivity contribution in [2.75, 3.05) is 0 Å². The lowest BCUT2D eigenvalue weighted by molar-refractivity contribution is -0.139. The molecule has 4 aromatic rings. The lowest BCUT2D eigenvalue weighted by Crippen LogP contribution is -2.18. The number of nitrogens with zero attached hydrogens (tertiary/aromatic N) is 6. The van der Waals surface area contributed by atoms with Crippen molar-refractivity contribution in [3.05, 3.63) is 72.3 Å². The highest BCUT2D eigenvalue weighted by Crippen LogP contribution is 2.25. The maximum absolute atomic E-state index is 12.1. The zero-order valence-corrected chi connectivity index (χ0v) is 15.9. The molecule has 0 aliphatic heterocycles. The average Bonchev–Trinajstić information content (AvgIpc) is 3.17. The van der Waals surface area contributed by atoms with E-state index < -0.39 is 11.9 Å². The first-order valence-corrected chi connectivity index (χ1v) is 9.44. The smallest absolute Gasteiger partial charge is 0.314 e. The molecule has 1 unspecified atom stereocenters. The molecule has 0 fully saturated rings. The predicted molar refractivity (Wildman–Crippen MR) is 106 cm³/mol. The van der Waals surface area contributed by atoms with Crippen LogP contribution in [0.5, 0.6) is 0 Å². The first kappa shape index (κ1) is 18.7. The number of hydrogen-bond acceptors (Lipinski definition) is 6. The first-order chi connectivity index (χ1) is 14.2. The SMILES string of the molecule is CCCc1nc(-c2cccnc2)cn2c(C(Cc3cccnc3)C(=O)O)nnc12. The normalized spacial score (nSPS) is 12.2. The molecule has 0 aromatic carbocycles. The molecular formula is C21H20N6O2. The maximum atomic E-state index is 12.1. The van der Waals surface area contributed by atoms with E-state index in [0.717, 1.165) is 29.7 Å². The average molecular weight is 388 g/mol. The number of aliphatic carboxylic acids is 1. The molecule has 1 atom stereocenters. The molecular weight excluding hydrogens is 368 g/mol. The Balaban J connectivity index is 1.85. The number of aromatic nitrogens is 6. The molecule has 4 rings (SSSR count). The van der Waals surface area contributed by atoms with Crippen LogP contribution in [-0.4, -0.2) is 40.6 Å². The van der Waals surface area contributed by atoms with E-state index in [0.29, 0.717) is 17.2 Å². The Hall–Kier alpha value is -3.68. The molecule has 1 N–H and O–H groups in total. The number of carbonyl (C=O) groups is 1. The van der Waals surface area contributed by atoms with Crippen LogP contribution in [0, 0.1) is 0 Å². The molecule has 0 radical (unpaired) electrons. The summed E-state index contributed by atoms with van der Waals surface area (Å²) >= 11 is 0. The highest BCUT2D eigenvalue weighted by molar-refractivity contribution is 5.76. The molecule has 0 amide bonds. The molecule has 0 bridgehead atoms. The minimum Gasteiger partial charge on any atom is -0.481 e. The van der Waals surface area contributed by atoms with E-state index in [1.54, 1.807) is 41.5 Å². The van der Waals surface area contributed by atoms with Crippen LogP contribution in [0.15, 0.2) is 55.2 Å². The van der Waals surface area contributed by atoms with Gasteiger partial charge >= 0.3 is 5.97 Å². The van der Waals surface area contributed by atoms with Gasteiger partial charge in [-0.3, -0.25) is 19.2 Å². The van der Waals surface area contributed by atoms with E-state index in [2.05, 4.69) is 27.1 Å². The highest BCUT2D eigenvalue weighted by atomic mass is 16.4. The largest absolute Gasteiger partial charge is 0.481 e. The Morgan fingerprint density at radius 3 is 2.59 bits per heavy atom. The van der Waals surface area contributed by atoms with Gasteiger partial charge in [0.2, 0.25) is 0 Å². The second-order valence-electron chi connectivity index (χ2n) is 6.77. The van der Waals surface area contributed by atoms with Gasteiger partial charge in [0, 0.05) is 36.5 Å². The summed E-state index contributed by atoms with van der Waals surface area (Å²) < 4.78 is 1.76. The van der Waals surface area contributed by atoms with Gasteiger partial charge in [-0.25, -0.2) is 4.98 Å². The molecule has 8 nitrogen and oxygen atoms in total. The Morgan fingerprint density at radius 2 is 1.93 bits per heavy atom. The van der Waals surface area contributed by atoms with Crippen molar-refractivity contribution in [2.24, 2.45) is 0 Å². The number of hydrogen-bond donors (Lipinski definition) is 1. The lowest BCUT2D eigenvalue weighted by atomic mass is 10.00. The molecule has 29 heavy (non-hydrogen) atoms. The number of aryl methyl sites for hydroxylation is 1. The third-order valence-corrected chi connectivity index (χ3v) is 4.70. The Morgan fingerprint density at radius 1 is 1.14 bits per heavy atom. The van der Waals surface area contributed by atoms with E-state index >= 15 is 0 Å². The summed E-state index contributed by atoms with van der Waals surface area (Å²) in [6.07, 6.45) is 10.4. The predicted octanol–water partition coefficient (Wildman–Crippen LogP) is 2.94. The summed E-state index contributed by atoms with van der Waals surface area (Å²) in [5.41, 5.74) is 3.77. The second kappa shape index (κ2) is 8.14. The molecule has 0 spiro atoms. The van der Waals surface area contributed by atoms with Crippen LogP contribution in [0.2, 0.25) is 0 Å². The maximum Gasteiger partial charge on any atom is 0.314 e. The van der Waals surface area contributed by atoms with Gasteiger partial charge < -0.3 is 5.11 Å². The van der Waals surface area contributed by atoms with Crippen molar-refractivity contribution in [1.29, 1.82) is 0 Å². The number of carboxylic acid groups (broad SMARTS) is 1. The Bertz CT molecular complexity index is 1130. The quantitative estimate of drug-likeness (QED) is 0.519. The zero-order chi connectivity index (χ0) is 20.2. The monoisotopic (exact) mass is 388 g/mol. The van der Waals surface area contributed by atoms with E-state index in [-0.39, 0.29) is 6.42 Å². The fourth-order valence-electron chi connectivity index (χ4n) is 3.31. The van der Waals surface area contributed by atoms with E-state index in [1.165, 1.54) is 0 Å². The van der Waals surface area contributed by atoms with Gasteiger partial charge in [-0.1, -0.05) is 19.4 Å². The van der Waals surface area contributed by atoms with Crippen LogP contribution < -0.4 is 0 Å². The third kappa shape index (κ3) is 3.82. The summed E-state index contributed by atoms with van der Waals surface area (Å²) in [7, 11) is 0. The second-order valence-corrected chi connectivity index (χ2v) is 6.77. The molecule has 0 saturated carbocycles. The summed E-state index contributed by atoms with van der Waals surface area (Å²) in [5, 5.41) is 18.4. The first-order valence-electron chi connectivity index (χ1n) is 9.44. The Labute approximate surface area is 167 Å². The fraction of sp³-hybridized carbons (Fsp3) is 0.238. The molecule has 146 valence electrons. The van der Waals surface area contributed by atoms with Gasteiger partial charge in [0.05, 0.1) is 11.4 Å². The van der Waals surface area contributed by atoms with E-state index in [4.69, 9.17) is 4.98 Å². The van der Waals surface area contributed by atoms with Crippen molar-refractivity contribution >= 4 is 11.6 Å². The minimum atomic E-state index is -0.958. The van der Waals surface area contributed by atoms with Crippen LogP contribution >= 0.6 is 0 Å². The van der Waals surface area contributed by atoms with Crippen LogP contribution in [0.4, 0.5) is 0 Å². The van der Waals surface area contributed by atoms with Crippen LogP contribution in [-0.2, 0) is 17.6 Å². The third-order valence-electron chi connectivity index (χ3n) is 4.70. The minimum absolute atomic E-state index is 0.275. The van der Waals surface area contributed by atoms with Crippen LogP contribution in [0.3, 0.4) is 0 Å². The van der Waals surface area contributed by atoms with E-state index in [1.807, 2.05) is 18.2 Å². The molecule has 8 heteroatoms. The van der Waals surface area contributed by atoms with Crippen LogP contribution in [0.1, 0.15) is 36.3 Å². The van der Waals surface area contributed by atoms with Gasteiger partial charge in [0.1, 0.15) is 5.92 Å². The highest BCUT2D eigenvalue weighted by Gasteiger charge is 2.27. The van der Waals surface area contributed by atoms with Crippen molar-refractivity contribution in [3.63, 3.8) is 0 Å². The number of pyridine rings is 2. The molecule has 0 aliphatic rings. The van der Waals surface area contributed by atoms with Gasteiger partial charge in [0.25, 0.3) is 0 Å². The van der Waals surface area contributed by atoms with Crippen molar-refractivity contribution in [2.45, 2.75) is 32.1 Å². The summed E-state index contributed by atoms with van der Waals surface area (Å²) in [6, 6.07) is 7.42. The standard InChI is InChI=1S/C21H20N6O2/c1-2-5-17-20-26-25-19(16(21(28)29)10-14-6-3-8-22-11-14)27(20)13-18(24-17)15-7-4-9-23-12-15/h3-4,6-9,11-13,16H,2,5,10H2,1H3,(H,28,29). The number of carboxylic acids is 1. The number of rotatable bonds is 7. The summed E-state index contributed by atoms with van der Waals surface area (Å²) in [5.74, 6) is -1.44. The van der Waals surface area contributed by atoms with Crippen molar-refractivity contribution in [1.82, 2.24) is 29.5 Å². The zero-order valence-electron chi connectivity index (χ0n) is 15.9. The molecule has 0 aliphatic carbocycles. The summed E-state index contributed by atoms with van der Waals surface area (Å²) in [6.45, 7) is 2.06. The molecule has 0 saturated heterocycles. The van der Waals surface area contributed by atoms with Gasteiger partial charge in [0.15, 0.2) is 11.5 Å². The molecule has 4 heterocycles. The van der Waals surface area contributed by atoms with Crippen molar-refractivity contribution < 1.29 is 9.90 Å². The topological polar surface area (TPSA) is 106 Å². The van der Waals surface area contributed by atoms with Crippen molar-refractivity contribution in [3.8, 4) is 11.3 Å². The van der Waals surface area contributed by atoms with Gasteiger partial charge in [-0.2, -0.15) is 0 Å². The van der Waals surface area contributed by atoms with Crippen LogP contribution in [0.25, 0.3) is 16.9 Å². The fourth-order valence-corrected chi connectivity index (χ4v) is 3.31.